The van der Waals surface area contributed by atoms with Gasteiger partial charge in [-0.15, -0.1) is 11.3 Å². The van der Waals surface area contributed by atoms with Crippen LogP contribution in [-0.4, -0.2) is 11.6 Å². The first-order chi connectivity index (χ1) is 6.66. The zero-order valence-electron chi connectivity index (χ0n) is 6.71. The molecule has 2 nitrogen and oxygen atoms in total. The number of halogens is 3. The van der Waals surface area contributed by atoms with Crippen LogP contribution < -0.4 is 4.74 Å². The second kappa shape index (κ2) is 3.67. The zero-order chi connectivity index (χ0) is 10.1. The van der Waals surface area contributed by atoms with Crippen molar-refractivity contribution in [1.29, 1.82) is 0 Å². The van der Waals surface area contributed by atoms with Crippen LogP contribution in [0.1, 0.15) is 0 Å². The molecule has 0 aliphatic carbocycles. The fourth-order valence-corrected chi connectivity index (χ4v) is 1.94. The van der Waals surface area contributed by atoms with Crippen molar-refractivity contribution in [2.75, 3.05) is 0 Å². The van der Waals surface area contributed by atoms with Gasteiger partial charge in [-0.1, -0.05) is 11.6 Å². The lowest BCUT2D eigenvalue weighted by atomic mass is 10.3. The number of ether oxygens (including phenoxy) is 1. The summed E-state index contributed by atoms with van der Waals surface area (Å²) in [4.78, 5) is 3.99. The Morgan fingerprint density at radius 1 is 1.43 bits per heavy atom. The molecule has 2 rings (SSSR count). The second-order valence-electron chi connectivity index (χ2n) is 2.48. The molecule has 0 atom stereocenters. The fraction of sp³-hybridized carbons (Fsp3) is 0.125. The molecule has 0 fully saturated rings. The van der Waals surface area contributed by atoms with Crippen molar-refractivity contribution < 1.29 is 13.5 Å². The molecule has 0 unspecified atom stereocenters. The third kappa shape index (κ3) is 1.78. The predicted octanol–water partition coefficient (Wildman–Crippen LogP) is 3.55. The van der Waals surface area contributed by atoms with Crippen molar-refractivity contribution >= 4 is 33.2 Å². The summed E-state index contributed by atoms with van der Waals surface area (Å²) in [5.41, 5.74) is 2.30. The molecule has 14 heavy (non-hydrogen) atoms. The van der Waals surface area contributed by atoms with E-state index in [0.717, 1.165) is 4.70 Å². The topological polar surface area (TPSA) is 22.1 Å². The molecule has 6 heteroatoms. The minimum absolute atomic E-state index is 0.0154. The zero-order valence-corrected chi connectivity index (χ0v) is 8.28. The number of aromatic nitrogens is 1. The van der Waals surface area contributed by atoms with E-state index in [1.165, 1.54) is 23.5 Å². The largest absolute Gasteiger partial charge is 0.433 e. The maximum absolute atomic E-state index is 11.9. The molecule has 1 heterocycles. The first-order valence-corrected chi connectivity index (χ1v) is 4.90. The van der Waals surface area contributed by atoms with Crippen LogP contribution in [0.4, 0.5) is 8.78 Å². The first kappa shape index (κ1) is 9.61. The van der Waals surface area contributed by atoms with Crippen LogP contribution >= 0.6 is 22.9 Å². The van der Waals surface area contributed by atoms with E-state index in [-0.39, 0.29) is 10.8 Å². The minimum atomic E-state index is -2.86. The van der Waals surface area contributed by atoms with Gasteiger partial charge in [0.1, 0.15) is 5.75 Å². The molecule has 74 valence electrons. The molecular weight excluding hydrogens is 232 g/mol. The smallest absolute Gasteiger partial charge is 0.387 e. The Morgan fingerprint density at radius 3 is 2.93 bits per heavy atom. The second-order valence-corrected chi connectivity index (χ2v) is 3.77. The van der Waals surface area contributed by atoms with Gasteiger partial charge in [-0.05, 0) is 6.07 Å². The van der Waals surface area contributed by atoms with Gasteiger partial charge < -0.3 is 4.74 Å². The van der Waals surface area contributed by atoms with Crippen molar-refractivity contribution in [2.45, 2.75) is 6.61 Å². The molecule has 0 bridgehead atoms. The summed E-state index contributed by atoms with van der Waals surface area (Å²) < 4.78 is 28.9. The van der Waals surface area contributed by atoms with Crippen LogP contribution in [0, 0.1) is 0 Å². The summed E-state index contributed by atoms with van der Waals surface area (Å²) in [6, 6.07) is 2.96. The Morgan fingerprint density at radius 2 is 2.21 bits per heavy atom. The van der Waals surface area contributed by atoms with E-state index < -0.39 is 6.61 Å². The van der Waals surface area contributed by atoms with Crippen molar-refractivity contribution in [2.24, 2.45) is 0 Å². The normalized spacial score (nSPS) is 11.1. The van der Waals surface area contributed by atoms with Gasteiger partial charge in [0.15, 0.2) is 0 Å². The summed E-state index contributed by atoms with van der Waals surface area (Å²) in [6.45, 7) is -2.86. The molecular formula is C8H4ClF2NOS. The molecule has 0 amide bonds. The standard InChI is InChI=1S/C8H4ClF2NOS/c9-4-1-5-7(14-3-12-5)2-6(4)13-8(10)11/h1-3,8H. The van der Waals surface area contributed by atoms with Crippen LogP contribution in [0.2, 0.25) is 5.02 Å². The summed E-state index contributed by atoms with van der Waals surface area (Å²) in [7, 11) is 0. The Bertz CT molecular complexity index is 460. The van der Waals surface area contributed by atoms with Crippen LogP contribution in [0.5, 0.6) is 5.75 Å². The molecule has 2 aromatic rings. The summed E-state index contributed by atoms with van der Waals surface area (Å²) in [5.74, 6) is -0.0154. The van der Waals surface area contributed by atoms with Crippen LogP contribution in [0.15, 0.2) is 17.6 Å². The molecule has 0 saturated heterocycles. The highest BCUT2D eigenvalue weighted by Gasteiger charge is 2.10. The van der Waals surface area contributed by atoms with Gasteiger partial charge in [0, 0.05) is 6.07 Å². The van der Waals surface area contributed by atoms with Gasteiger partial charge >= 0.3 is 6.61 Å². The predicted molar refractivity (Wildman–Crippen MR) is 51.3 cm³/mol. The van der Waals surface area contributed by atoms with E-state index in [9.17, 15) is 8.78 Å². The van der Waals surface area contributed by atoms with Gasteiger partial charge in [0.2, 0.25) is 0 Å². The van der Waals surface area contributed by atoms with Crippen LogP contribution in [0.3, 0.4) is 0 Å². The number of thiazole rings is 1. The lowest BCUT2D eigenvalue weighted by Gasteiger charge is -2.05. The van der Waals surface area contributed by atoms with Gasteiger partial charge in [-0.2, -0.15) is 8.78 Å². The molecule has 1 aromatic carbocycles. The van der Waals surface area contributed by atoms with E-state index >= 15 is 0 Å². The number of benzene rings is 1. The number of nitrogens with zero attached hydrogens (tertiary/aromatic N) is 1. The Balaban J connectivity index is 2.48. The molecule has 0 aliphatic rings. The minimum Gasteiger partial charge on any atom is -0.433 e. The van der Waals surface area contributed by atoms with Crippen molar-refractivity contribution in [3.63, 3.8) is 0 Å². The quantitative estimate of drug-likeness (QED) is 0.794. The number of hydrogen-bond acceptors (Lipinski definition) is 3. The summed E-state index contributed by atoms with van der Waals surface area (Å²) >= 11 is 7.05. The molecule has 0 spiro atoms. The lowest BCUT2D eigenvalue weighted by molar-refractivity contribution is -0.0496. The third-order valence-corrected chi connectivity index (χ3v) is 2.69. The van der Waals surface area contributed by atoms with E-state index in [1.54, 1.807) is 5.51 Å². The number of alkyl halides is 2. The van der Waals surface area contributed by atoms with E-state index in [1.807, 2.05) is 0 Å². The maximum Gasteiger partial charge on any atom is 0.387 e. The molecule has 1 aromatic heterocycles. The van der Waals surface area contributed by atoms with E-state index in [2.05, 4.69) is 9.72 Å². The van der Waals surface area contributed by atoms with Crippen LogP contribution in [-0.2, 0) is 0 Å². The number of fused-ring (bicyclic) bond motifs is 1. The van der Waals surface area contributed by atoms with Crippen molar-refractivity contribution in [3.8, 4) is 5.75 Å². The molecule has 0 saturated carbocycles. The van der Waals surface area contributed by atoms with Crippen molar-refractivity contribution in [1.82, 2.24) is 4.98 Å². The van der Waals surface area contributed by atoms with Gasteiger partial charge in [0.05, 0.1) is 20.7 Å². The Hall–Kier alpha value is -0.940. The first-order valence-electron chi connectivity index (χ1n) is 3.64. The number of hydrogen-bond donors (Lipinski definition) is 0. The summed E-state index contributed by atoms with van der Waals surface area (Å²) in [5, 5.41) is 0.142. The summed E-state index contributed by atoms with van der Waals surface area (Å²) in [6.07, 6.45) is 0. The monoisotopic (exact) mass is 235 g/mol. The van der Waals surface area contributed by atoms with Crippen molar-refractivity contribution in [3.05, 3.63) is 22.7 Å². The third-order valence-electron chi connectivity index (χ3n) is 1.60. The lowest BCUT2D eigenvalue weighted by Crippen LogP contribution is -2.02. The fourth-order valence-electron chi connectivity index (χ4n) is 1.05. The molecule has 0 N–H and O–H groups in total. The van der Waals surface area contributed by atoms with E-state index in [0.29, 0.717) is 5.52 Å². The Kier molecular flexibility index (Phi) is 2.52. The highest BCUT2D eigenvalue weighted by atomic mass is 35.5. The molecule has 0 aliphatic heterocycles. The number of rotatable bonds is 2. The Labute approximate surface area is 87.1 Å². The van der Waals surface area contributed by atoms with Gasteiger partial charge in [-0.25, -0.2) is 4.98 Å². The van der Waals surface area contributed by atoms with Gasteiger partial charge in [-0.3, -0.25) is 0 Å². The SMILES string of the molecule is FC(F)Oc1cc2scnc2cc1Cl. The maximum atomic E-state index is 11.9. The van der Waals surface area contributed by atoms with E-state index in [4.69, 9.17) is 11.6 Å². The highest BCUT2D eigenvalue weighted by molar-refractivity contribution is 7.16. The average molecular weight is 236 g/mol. The van der Waals surface area contributed by atoms with Crippen LogP contribution in [0.25, 0.3) is 10.2 Å². The van der Waals surface area contributed by atoms with Gasteiger partial charge in [0.25, 0.3) is 0 Å². The average Bonchev–Trinajstić information content (AvgIpc) is 2.51. The molecule has 0 radical (unpaired) electrons. The highest BCUT2D eigenvalue weighted by Crippen LogP contribution is 2.32.